The molecule has 0 atom stereocenters. The number of ether oxygens (including phenoxy) is 1. The van der Waals surface area contributed by atoms with Crippen LogP contribution in [-0.2, 0) is 16.6 Å². The molecule has 0 saturated carbocycles. The van der Waals surface area contributed by atoms with Crippen LogP contribution >= 0.6 is 0 Å². The SMILES string of the molecule is CC(C)(C)OC(=O)N1CCCc2cc(C(C)(C)C)ccc21. The number of fused-ring (bicyclic) bond motifs is 1. The average Bonchev–Trinajstić information content (AvgIpc) is 2.34. The summed E-state index contributed by atoms with van der Waals surface area (Å²) in [6, 6.07) is 6.44. The predicted molar refractivity (Wildman–Crippen MR) is 87.0 cm³/mol. The fourth-order valence-electron chi connectivity index (χ4n) is 2.57. The molecule has 1 aromatic carbocycles. The number of nitrogens with zero attached hydrogens (tertiary/aromatic N) is 1. The lowest BCUT2D eigenvalue weighted by molar-refractivity contribution is 0.0578. The van der Waals surface area contributed by atoms with E-state index in [2.05, 4.69) is 39.0 Å². The number of anilines is 1. The van der Waals surface area contributed by atoms with Gasteiger partial charge in [0.25, 0.3) is 0 Å². The zero-order chi connectivity index (χ0) is 15.8. The summed E-state index contributed by atoms with van der Waals surface area (Å²) in [7, 11) is 0. The first-order valence-electron chi connectivity index (χ1n) is 7.72. The lowest BCUT2D eigenvalue weighted by atomic mass is 9.84. The van der Waals surface area contributed by atoms with Crippen LogP contribution in [0.2, 0.25) is 0 Å². The highest BCUT2D eigenvalue weighted by Gasteiger charge is 2.28. The van der Waals surface area contributed by atoms with E-state index >= 15 is 0 Å². The van der Waals surface area contributed by atoms with Gasteiger partial charge in [0.1, 0.15) is 5.60 Å². The number of amides is 1. The van der Waals surface area contributed by atoms with Crippen LogP contribution in [0.15, 0.2) is 18.2 Å². The summed E-state index contributed by atoms with van der Waals surface area (Å²) in [5, 5.41) is 0. The maximum absolute atomic E-state index is 12.4. The average molecular weight is 289 g/mol. The lowest BCUT2D eigenvalue weighted by Gasteiger charge is -2.32. The number of hydrogen-bond acceptors (Lipinski definition) is 2. The van der Waals surface area contributed by atoms with Gasteiger partial charge in [-0.25, -0.2) is 4.79 Å². The normalized spacial score (nSPS) is 15.6. The van der Waals surface area contributed by atoms with Crippen LogP contribution in [0, 0.1) is 0 Å². The van der Waals surface area contributed by atoms with Crippen LogP contribution in [0.5, 0.6) is 0 Å². The molecule has 21 heavy (non-hydrogen) atoms. The maximum Gasteiger partial charge on any atom is 0.414 e. The molecule has 0 aromatic heterocycles. The molecule has 1 heterocycles. The van der Waals surface area contributed by atoms with Gasteiger partial charge in [0, 0.05) is 6.54 Å². The van der Waals surface area contributed by atoms with Crippen LogP contribution in [0.25, 0.3) is 0 Å². The van der Waals surface area contributed by atoms with Crippen molar-refractivity contribution in [1.82, 2.24) is 0 Å². The van der Waals surface area contributed by atoms with Crippen LogP contribution in [-0.4, -0.2) is 18.2 Å². The van der Waals surface area contributed by atoms with Gasteiger partial charge in [0.05, 0.1) is 5.69 Å². The Morgan fingerprint density at radius 1 is 1.14 bits per heavy atom. The molecule has 116 valence electrons. The summed E-state index contributed by atoms with van der Waals surface area (Å²) in [5.74, 6) is 0. The topological polar surface area (TPSA) is 29.5 Å². The fraction of sp³-hybridized carbons (Fsp3) is 0.611. The molecule has 3 nitrogen and oxygen atoms in total. The number of rotatable bonds is 0. The maximum atomic E-state index is 12.4. The molecule has 0 saturated heterocycles. The minimum Gasteiger partial charge on any atom is -0.443 e. The number of benzene rings is 1. The van der Waals surface area contributed by atoms with E-state index in [4.69, 9.17) is 4.74 Å². The number of aryl methyl sites for hydroxylation is 1. The molecule has 0 radical (unpaired) electrons. The van der Waals surface area contributed by atoms with Crippen molar-refractivity contribution in [3.05, 3.63) is 29.3 Å². The second-order valence-corrected chi connectivity index (χ2v) is 7.83. The Kier molecular flexibility index (Phi) is 4.05. The van der Waals surface area contributed by atoms with Crippen molar-refractivity contribution in [2.75, 3.05) is 11.4 Å². The van der Waals surface area contributed by atoms with E-state index in [9.17, 15) is 4.79 Å². The molecule has 1 aromatic rings. The molecule has 0 N–H and O–H groups in total. The molecule has 3 heteroatoms. The van der Waals surface area contributed by atoms with E-state index in [1.54, 1.807) is 4.90 Å². The minimum absolute atomic E-state index is 0.128. The zero-order valence-corrected chi connectivity index (χ0v) is 14.1. The fourth-order valence-corrected chi connectivity index (χ4v) is 2.57. The number of carbonyl (C=O) groups is 1. The van der Waals surface area contributed by atoms with Gasteiger partial charge in [0.15, 0.2) is 0 Å². The quantitative estimate of drug-likeness (QED) is 0.694. The zero-order valence-electron chi connectivity index (χ0n) is 14.1. The third-order valence-corrected chi connectivity index (χ3v) is 3.68. The number of hydrogen-bond donors (Lipinski definition) is 0. The van der Waals surface area contributed by atoms with Gasteiger partial charge in [-0.3, -0.25) is 4.90 Å². The van der Waals surface area contributed by atoms with Crippen molar-refractivity contribution in [3.8, 4) is 0 Å². The van der Waals surface area contributed by atoms with Gasteiger partial charge in [-0.1, -0.05) is 32.9 Å². The van der Waals surface area contributed by atoms with Crippen molar-refractivity contribution >= 4 is 11.8 Å². The lowest BCUT2D eigenvalue weighted by Crippen LogP contribution is -2.39. The Morgan fingerprint density at radius 3 is 2.38 bits per heavy atom. The highest BCUT2D eigenvalue weighted by molar-refractivity contribution is 5.89. The van der Waals surface area contributed by atoms with Crippen LogP contribution in [0.1, 0.15) is 59.1 Å². The standard InChI is InChI=1S/C18H27NO2/c1-17(2,3)14-9-10-15-13(12-14)8-7-11-19(15)16(20)21-18(4,5)6/h9-10,12H,7-8,11H2,1-6H3. The molecule has 0 bridgehead atoms. The van der Waals surface area contributed by atoms with Gasteiger partial charge >= 0.3 is 6.09 Å². The van der Waals surface area contributed by atoms with Crippen LogP contribution in [0.3, 0.4) is 0 Å². The number of carbonyl (C=O) groups excluding carboxylic acids is 1. The van der Waals surface area contributed by atoms with Gasteiger partial charge in [0.2, 0.25) is 0 Å². The van der Waals surface area contributed by atoms with Crippen molar-refractivity contribution in [3.63, 3.8) is 0 Å². The van der Waals surface area contributed by atoms with Crippen molar-refractivity contribution < 1.29 is 9.53 Å². The Hall–Kier alpha value is -1.51. The van der Waals surface area contributed by atoms with Crippen molar-refractivity contribution in [2.45, 2.75) is 65.4 Å². The molecule has 2 rings (SSSR count). The Labute approximate surface area is 128 Å². The van der Waals surface area contributed by atoms with E-state index in [0.29, 0.717) is 0 Å². The minimum atomic E-state index is -0.458. The summed E-state index contributed by atoms with van der Waals surface area (Å²) < 4.78 is 5.52. The summed E-state index contributed by atoms with van der Waals surface area (Å²) in [4.78, 5) is 14.1. The molecular formula is C18H27NO2. The summed E-state index contributed by atoms with van der Waals surface area (Å²) in [6.07, 6.45) is 1.77. The molecule has 0 fully saturated rings. The largest absolute Gasteiger partial charge is 0.443 e. The molecule has 0 aliphatic carbocycles. The van der Waals surface area contributed by atoms with E-state index in [-0.39, 0.29) is 11.5 Å². The smallest absolute Gasteiger partial charge is 0.414 e. The molecule has 1 aliphatic rings. The predicted octanol–water partition coefficient (Wildman–Crippen LogP) is 4.67. The van der Waals surface area contributed by atoms with Gasteiger partial charge in [-0.05, 0) is 56.2 Å². The van der Waals surface area contributed by atoms with E-state index in [1.807, 2.05) is 20.8 Å². The summed E-state index contributed by atoms with van der Waals surface area (Å²) in [5.41, 5.74) is 3.24. The van der Waals surface area contributed by atoms with E-state index < -0.39 is 5.60 Å². The highest BCUT2D eigenvalue weighted by atomic mass is 16.6. The highest BCUT2D eigenvalue weighted by Crippen LogP contribution is 2.33. The Morgan fingerprint density at radius 2 is 1.81 bits per heavy atom. The van der Waals surface area contributed by atoms with Crippen molar-refractivity contribution in [2.24, 2.45) is 0 Å². The van der Waals surface area contributed by atoms with Crippen LogP contribution in [0.4, 0.5) is 10.5 Å². The van der Waals surface area contributed by atoms with E-state index in [1.165, 1.54) is 11.1 Å². The first kappa shape index (κ1) is 15.9. The van der Waals surface area contributed by atoms with Gasteiger partial charge in [-0.15, -0.1) is 0 Å². The monoisotopic (exact) mass is 289 g/mol. The third-order valence-electron chi connectivity index (χ3n) is 3.68. The first-order chi connectivity index (χ1) is 9.58. The molecular weight excluding hydrogens is 262 g/mol. The summed E-state index contributed by atoms with van der Waals surface area (Å²) >= 11 is 0. The molecule has 0 unspecified atom stereocenters. The molecule has 1 amide bonds. The summed E-state index contributed by atoms with van der Waals surface area (Å²) in [6.45, 7) is 13.1. The van der Waals surface area contributed by atoms with Crippen LogP contribution < -0.4 is 4.90 Å². The second-order valence-electron chi connectivity index (χ2n) is 7.83. The van der Waals surface area contributed by atoms with Crippen molar-refractivity contribution in [1.29, 1.82) is 0 Å². The molecule has 1 aliphatic heterocycles. The molecule has 0 spiro atoms. The Balaban J connectivity index is 2.30. The first-order valence-corrected chi connectivity index (χ1v) is 7.72. The second kappa shape index (κ2) is 5.36. The van der Waals surface area contributed by atoms with E-state index in [0.717, 1.165) is 25.1 Å². The Bertz CT molecular complexity index is 535. The van der Waals surface area contributed by atoms with Gasteiger partial charge in [-0.2, -0.15) is 0 Å². The third kappa shape index (κ3) is 3.78. The van der Waals surface area contributed by atoms with Gasteiger partial charge < -0.3 is 4.74 Å².